The molecule has 0 saturated carbocycles. The zero-order valence-electron chi connectivity index (χ0n) is 11.1. The normalized spacial score (nSPS) is 15.7. The number of rotatable bonds is 4. The quantitative estimate of drug-likeness (QED) is 0.296. The summed E-state index contributed by atoms with van der Waals surface area (Å²) in [6.45, 7) is 4.16. The van der Waals surface area contributed by atoms with Gasteiger partial charge in [-0.1, -0.05) is 0 Å². The second-order valence-corrected chi connectivity index (χ2v) is 5.39. The number of hydrogen-bond acceptors (Lipinski definition) is 3. The van der Waals surface area contributed by atoms with Gasteiger partial charge in [-0.3, -0.25) is 0 Å². The molecular formula is C13H19I2N3O2. The van der Waals surface area contributed by atoms with Crippen LogP contribution >= 0.6 is 46.6 Å². The summed E-state index contributed by atoms with van der Waals surface area (Å²) in [4.78, 5) is 6.35. The van der Waals surface area contributed by atoms with Crippen molar-refractivity contribution in [2.75, 3.05) is 39.5 Å². The molecule has 1 heterocycles. The Balaban J connectivity index is 0.00000200. The molecule has 2 rings (SSSR count). The van der Waals surface area contributed by atoms with Gasteiger partial charge in [0.15, 0.2) is 5.96 Å². The molecule has 0 aliphatic carbocycles. The summed E-state index contributed by atoms with van der Waals surface area (Å²) in [6.07, 6.45) is 0. The van der Waals surface area contributed by atoms with Crippen LogP contribution in [0.4, 0.5) is 0 Å². The standard InChI is InChI=1S/C13H18IN3O2.HI/c14-11-1-3-12(4-2-11)19-8-5-16-13(15)17-6-9-18-10-7-17;/h1-4H,5-10H2,(H2,15,16);1H. The van der Waals surface area contributed by atoms with Crippen molar-refractivity contribution in [1.82, 2.24) is 4.90 Å². The van der Waals surface area contributed by atoms with Gasteiger partial charge >= 0.3 is 0 Å². The lowest BCUT2D eigenvalue weighted by Gasteiger charge is -2.27. The number of hydrogen-bond donors (Lipinski definition) is 1. The molecule has 5 nitrogen and oxygen atoms in total. The molecule has 1 aliphatic rings. The predicted molar refractivity (Wildman–Crippen MR) is 99.0 cm³/mol. The number of ether oxygens (including phenoxy) is 2. The van der Waals surface area contributed by atoms with Crippen molar-refractivity contribution in [3.8, 4) is 5.75 Å². The van der Waals surface area contributed by atoms with Crippen molar-refractivity contribution >= 4 is 52.5 Å². The first kappa shape index (κ1) is 17.8. The van der Waals surface area contributed by atoms with Gasteiger partial charge in [0.25, 0.3) is 0 Å². The molecular weight excluding hydrogens is 484 g/mol. The molecule has 0 radical (unpaired) electrons. The molecule has 1 saturated heterocycles. The van der Waals surface area contributed by atoms with Crippen LogP contribution < -0.4 is 10.5 Å². The van der Waals surface area contributed by atoms with Crippen LogP contribution in [0.5, 0.6) is 5.75 Å². The lowest BCUT2D eigenvalue weighted by atomic mass is 10.3. The minimum absolute atomic E-state index is 0. The van der Waals surface area contributed by atoms with Crippen molar-refractivity contribution in [3.05, 3.63) is 27.8 Å². The Labute approximate surface area is 150 Å². The van der Waals surface area contributed by atoms with Gasteiger partial charge in [-0.25, -0.2) is 4.99 Å². The van der Waals surface area contributed by atoms with E-state index in [2.05, 4.69) is 27.6 Å². The highest BCUT2D eigenvalue weighted by Gasteiger charge is 2.11. The Morgan fingerprint density at radius 3 is 2.60 bits per heavy atom. The number of nitrogens with two attached hydrogens (primary N) is 1. The number of morpholine rings is 1. The van der Waals surface area contributed by atoms with E-state index >= 15 is 0 Å². The summed E-state index contributed by atoms with van der Waals surface area (Å²) in [5.74, 6) is 1.44. The topological polar surface area (TPSA) is 60.1 Å². The molecule has 1 aliphatic heterocycles. The third kappa shape index (κ3) is 6.00. The van der Waals surface area contributed by atoms with E-state index in [0.29, 0.717) is 19.1 Å². The third-order valence-electron chi connectivity index (χ3n) is 2.78. The zero-order valence-corrected chi connectivity index (χ0v) is 15.6. The minimum atomic E-state index is 0. The van der Waals surface area contributed by atoms with Crippen LogP contribution in [-0.2, 0) is 4.74 Å². The van der Waals surface area contributed by atoms with E-state index in [1.54, 1.807) is 0 Å². The van der Waals surface area contributed by atoms with Crippen molar-refractivity contribution in [2.45, 2.75) is 0 Å². The molecule has 0 bridgehead atoms. The van der Waals surface area contributed by atoms with Gasteiger partial charge in [-0.2, -0.15) is 0 Å². The highest BCUT2D eigenvalue weighted by atomic mass is 127. The molecule has 0 spiro atoms. The lowest BCUT2D eigenvalue weighted by Crippen LogP contribution is -2.45. The maximum Gasteiger partial charge on any atom is 0.191 e. The molecule has 2 N–H and O–H groups in total. The Kier molecular flexibility index (Phi) is 8.53. The number of aliphatic imine (C=N–C) groups is 1. The second-order valence-electron chi connectivity index (χ2n) is 4.14. The molecule has 0 aromatic heterocycles. The highest BCUT2D eigenvalue weighted by Crippen LogP contribution is 2.13. The van der Waals surface area contributed by atoms with Gasteiger partial charge in [0, 0.05) is 16.7 Å². The number of halogens is 2. The van der Waals surface area contributed by atoms with Crippen LogP contribution in [0, 0.1) is 3.57 Å². The van der Waals surface area contributed by atoms with Crippen molar-refractivity contribution in [2.24, 2.45) is 10.7 Å². The summed E-state index contributed by atoms with van der Waals surface area (Å²) < 4.78 is 12.0. The molecule has 1 aromatic rings. The fourth-order valence-electron chi connectivity index (χ4n) is 1.75. The van der Waals surface area contributed by atoms with Gasteiger partial charge in [-0.05, 0) is 46.9 Å². The predicted octanol–water partition coefficient (Wildman–Crippen LogP) is 1.93. The van der Waals surface area contributed by atoms with Crippen molar-refractivity contribution < 1.29 is 9.47 Å². The Morgan fingerprint density at radius 1 is 1.30 bits per heavy atom. The summed E-state index contributed by atoms with van der Waals surface area (Å²) in [7, 11) is 0. The van der Waals surface area contributed by atoms with Crippen LogP contribution in [0.1, 0.15) is 0 Å². The minimum Gasteiger partial charge on any atom is -0.492 e. The monoisotopic (exact) mass is 503 g/mol. The first-order chi connectivity index (χ1) is 9.25. The molecule has 7 heteroatoms. The van der Waals surface area contributed by atoms with Crippen LogP contribution in [0.25, 0.3) is 0 Å². The number of guanidine groups is 1. The third-order valence-corrected chi connectivity index (χ3v) is 3.50. The fraction of sp³-hybridized carbons (Fsp3) is 0.462. The molecule has 1 aromatic carbocycles. The smallest absolute Gasteiger partial charge is 0.191 e. The average molecular weight is 503 g/mol. The first-order valence-electron chi connectivity index (χ1n) is 6.27. The van der Waals surface area contributed by atoms with Crippen molar-refractivity contribution in [3.63, 3.8) is 0 Å². The molecule has 112 valence electrons. The Hall–Kier alpha value is -0.290. The van der Waals surface area contributed by atoms with Crippen LogP contribution in [0.15, 0.2) is 29.3 Å². The average Bonchev–Trinajstić information content (AvgIpc) is 2.46. The van der Waals surface area contributed by atoms with Crippen LogP contribution in [0.3, 0.4) is 0 Å². The molecule has 0 atom stereocenters. The van der Waals surface area contributed by atoms with Gasteiger partial charge in [0.2, 0.25) is 0 Å². The van der Waals surface area contributed by atoms with E-state index in [0.717, 1.165) is 32.1 Å². The Morgan fingerprint density at radius 2 is 1.95 bits per heavy atom. The van der Waals surface area contributed by atoms with E-state index < -0.39 is 0 Å². The lowest BCUT2D eigenvalue weighted by molar-refractivity contribution is 0.0674. The van der Waals surface area contributed by atoms with E-state index in [-0.39, 0.29) is 24.0 Å². The molecule has 0 amide bonds. The number of benzene rings is 1. The zero-order chi connectivity index (χ0) is 13.5. The maximum atomic E-state index is 5.91. The molecule has 0 unspecified atom stereocenters. The van der Waals surface area contributed by atoms with Crippen LogP contribution in [0.2, 0.25) is 0 Å². The van der Waals surface area contributed by atoms with Crippen molar-refractivity contribution in [1.29, 1.82) is 0 Å². The SMILES string of the molecule is I.NC(=NCCOc1ccc(I)cc1)N1CCOCC1. The number of nitrogens with zero attached hydrogens (tertiary/aromatic N) is 2. The van der Waals surface area contributed by atoms with E-state index in [9.17, 15) is 0 Å². The summed E-state index contributed by atoms with van der Waals surface area (Å²) in [6, 6.07) is 7.94. The largest absolute Gasteiger partial charge is 0.492 e. The van der Waals surface area contributed by atoms with E-state index in [4.69, 9.17) is 15.2 Å². The summed E-state index contributed by atoms with van der Waals surface area (Å²) in [5, 5.41) is 0. The summed E-state index contributed by atoms with van der Waals surface area (Å²) in [5.41, 5.74) is 5.91. The van der Waals surface area contributed by atoms with Gasteiger partial charge in [0.1, 0.15) is 12.4 Å². The molecule has 20 heavy (non-hydrogen) atoms. The van der Waals surface area contributed by atoms with E-state index in [1.165, 1.54) is 3.57 Å². The van der Waals surface area contributed by atoms with Crippen LogP contribution in [-0.4, -0.2) is 50.3 Å². The van der Waals surface area contributed by atoms with Gasteiger partial charge in [0.05, 0.1) is 19.8 Å². The first-order valence-corrected chi connectivity index (χ1v) is 7.34. The maximum absolute atomic E-state index is 5.91. The Bertz CT molecular complexity index is 420. The summed E-state index contributed by atoms with van der Waals surface area (Å²) >= 11 is 2.27. The second kappa shape index (κ2) is 9.61. The molecule has 1 fully saturated rings. The van der Waals surface area contributed by atoms with Gasteiger partial charge in [-0.15, -0.1) is 24.0 Å². The van der Waals surface area contributed by atoms with Gasteiger partial charge < -0.3 is 20.1 Å². The highest BCUT2D eigenvalue weighted by molar-refractivity contribution is 14.1. The fourth-order valence-corrected chi connectivity index (χ4v) is 2.11. The van der Waals surface area contributed by atoms with E-state index in [1.807, 2.05) is 29.2 Å².